The van der Waals surface area contributed by atoms with Crippen molar-refractivity contribution in [2.24, 2.45) is 0 Å². The molecule has 0 saturated carbocycles. The van der Waals surface area contributed by atoms with Crippen LogP contribution in [0.3, 0.4) is 0 Å². The van der Waals surface area contributed by atoms with Crippen LogP contribution >= 0.6 is 0 Å². The number of para-hydroxylation sites is 2. The van der Waals surface area contributed by atoms with Crippen molar-refractivity contribution in [3.8, 4) is 0 Å². The van der Waals surface area contributed by atoms with Crippen LogP contribution in [0.15, 0.2) is 66.9 Å². The molecule has 3 aromatic carbocycles. The van der Waals surface area contributed by atoms with Crippen LogP contribution in [0.25, 0.3) is 43.6 Å². The van der Waals surface area contributed by atoms with Gasteiger partial charge in [-0.3, -0.25) is 4.98 Å². The zero-order chi connectivity index (χ0) is 20.8. The maximum Gasteiger partial charge on any atom is 0.0498 e. The number of hydrogen-bond acceptors (Lipinski definition) is 1. The molecule has 0 atom stereocenters. The highest BCUT2D eigenvalue weighted by atomic mass is 14.7. The molecule has 3 aromatic heterocycles. The smallest absolute Gasteiger partial charge is 0.0498 e. The van der Waals surface area contributed by atoms with E-state index < -0.39 is 0 Å². The third kappa shape index (κ3) is 2.86. The number of fused-ring (bicyclic) bond motifs is 6. The first kappa shape index (κ1) is 18.4. The van der Waals surface area contributed by atoms with Crippen LogP contribution in [0, 0.1) is 27.7 Å². The fourth-order valence-corrected chi connectivity index (χ4v) is 4.49. The highest BCUT2D eigenvalue weighted by molar-refractivity contribution is 6.10. The van der Waals surface area contributed by atoms with Crippen molar-refractivity contribution in [3.63, 3.8) is 0 Å². The molecule has 0 unspecified atom stereocenters. The molecule has 6 rings (SSSR count). The van der Waals surface area contributed by atoms with Gasteiger partial charge in [-0.2, -0.15) is 0 Å². The summed E-state index contributed by atoms with van der Waals surface area (Å²) < 4.78 is 0. The second-order valence-electron chi connectivity index (χ2n) is 8.06. The lowest BCUT2D eigenvalue weighted by Gasteiger charge is -1.96. The molecule has 0 aliphatic heterocycles. The molecule has 6 aromatic rings. The Bertz CT molecular complexity index is 1410. The van der Waals surface area contributed by atoms with Gasteiger partial charge in [0.1, 0.15) is 0 Å². The minimum Gasteiger partial charge on any atom is -0.354 e. The quantitative estimate of drug-likeness (QED) is 0.281. The maximum absolute atomic E-state index is 4.34. The highest BCUT2D eigenvalue weighted by Gasteiger charge is 2.08. The van der Waals surface area contributed by atoms with Crippen molar-refractivity contribution in [1.82, 2.24) is 15.0 Å². The molecular weight excluding hydrogens is 366 g/mol. The monoisotopic (exact) mass is 391 g/mol. The third-order valence-electron chi connectivity index (χ3n) is 6.02. The van der Waals surface area contributed by atoms with E-state index in [0.29, 0.717) is 0 Å². The van der Waals surface area contributed by atoms with E-state index in [1.165, 1.54) is 60.3 Å². The number of rotatable bonds is 0. The Morgan fingerprint density at radius 1 is 0.567 bits per heavy atom. The Kier molecular flexibility index (Phi) is 4.32. The fraction of sp³-hybridized carbons (Fsp3) is 0.148. The van der Waals surface area contributed by atoms with Crippen LogP contribution in [0.1, 0.15) is 22.4 Å². The molecule has 0 radical (unpaired) electrons. The van der Waals surface area contributed by atoms with Crippen LogP contribution in [0.5, 0.6) is 0 Å². The number of nitrogens with one attached hydrogen (secondary N) is 2. The Morgan fingerprint density at radius 3 is 1.77 bits per heavy atom. The maximum atomic E-state index is 4.34. The molecule has 30 heavy (non-hydrogen) atoms. The van der Waals surface area contributed by atoms with E-state index in [4.69, 9.17) is 0 Å². The first-order chi connectivity index (χ1) is 14.5. The summed E-state index contributed by atoms with van der Waals surface area (Å²) in [6.45, 7) is 8.49. The van der Waals surface area contributed by atoms with Gasteiger partial charge < -0.3 is 9.97 Å². The predicted molar refractivity (Wildman–Crippen MR) is 128 cm³/mol. The van der Waals surface area contributed by atoms with Crippen molar-refractivity contribution in [2.45, 2.75) is 27.7 Å². The minimum atomic E-state index is 1.09. The molecular formula is C27H25N3. The van der Waals surface area contributed by atoms with E-state index in [9.17, 15) is 0 Å². The SMILES string of the molecule is Cc1cccc2c1[nH]c1cccc(C)c12.Cc1cccc2c1[nH]c1ccnc(C)c12. The Balaban J connectivity index is 0.000000128. The average Bonchev–Trinajstić information content (AvgIpc) is 3.30. The Morgan fingerprint density at radius 2 is 1.10 bits per heavy atom. The van der Waals surface area contributed by atoms with Crippen molar-refractivity contribution in [1.29, 1.82) is 0 Å². The molecule has 0 fully saturated rings. The molecule has 148 valence electrons. The summed E-state index contributed by atoms with van der Waals surface area (Å²) >= 11 is 0. The molecule has 2 N–H and O–H groups in total. The number of hydrogen-bond donors (Lipinski definition) is 2. The van der Waals surface area contributed by atoms with Crippen molar-refractivity contribution < 1.29 is 0 Å². The lowest BCUT2D eigenvalue weighted by molar-refractivity contribution is 1.24. The summed E-state index contributed by atoms with van der Waals surface area (Å²) in [6, 6.07) is 21.3. The van der Waals surface area contributed by atoms with Gasteiger partial charge in [0.15, 0.2) is 0 Å². The van der Waals surface area contributed by atoms with Gasteiger partial charge in [-0.15, -0.1) is 0 Å². The van der Waals surface area contributed by atoms with Crippen LogP contribution in [0.2, 0.25) is 0 Å². The molecule has 3 heteroatoms. The van der Waals surface area contributed by atoms with Crippen LogP contribution in [-0.2, 0) is 0 Å². The minimum absolute atomic E-state index is 1.09. The molecule has 0 aliphatic rings. The fourth-order valence-electron chi connectivity index (χ4n) is 4.49. The molecule has 3 nitrogen and oxygen atoms in total. The number of nitrogens with zero attached hydrogens (tertiary/aromatic N) is 1. The molecule has 3 heterocycles. The summed E-state index contributed by atoms with van der Waals surface area (Å²) in [5.41, 5.74) is 9.91. The second-order valence-corrected chi connectivity index (χ2v) is 8.06. The molecule has 0 spiro atoms. The Labute approximate surface area is 175 Å². The van der Waals surface area contributed by atoms with Crippen LogP contribution in [-0.4, -0.2) is 15.0 Å². The van der Waals surface area contributed by atoms with E-state index in [1.807, 2.05) is 12.3 Å². The van der Waals surface area contributed by atoms with Crippen molar-refractivity contribution in [2.75, 3.05) is 0 Å². The van der Waals surface area contributed by atoms with Gasteiger partial charge in [0, 0.05) is 55.5 Å². The first-order valence-corrected chi connectivity index (χ1v) is 10.3. The Hall–Kier alpha value is -3.59. The molecule has 0 aliphatic carbocycles. The summed E-state index contributed by atoms with van der Waals surface area (Å²) in [5.74, 6) is 0. The molecule has 0 amide bonds. The third-order valence-corrected chi connectivity index (χ3v) is 6.02. The van der Waals surface area contributed by atoms with E-state index >= 15 is 0 Å². The van der Waals surface area contributed by atoms with Gasteiger partial charge in [-0.1, -0.05) is 48.5 Å². The highest BCUT2D eigenvalue weighted by Crippen LogP contribution is 2.30. The van der Waals surface area contributed by atoms with E-state index in [0.717, 1.165) is 5.69 Å². The number of H-pyrrole nitrogens is 2. The van der Waals surface area contributed by atoms with Gasteiger partial charge in [0.2, 0.25) is 0 Å². The van der Waals surface area contributed by atoms with Gasteiger partial charge in [-0.25, -0.2) is 0 Å². The molecule has 0 bridgehead atoms. The van der Waals surface area contributed by atoms with E-state index in [-0.39, 0.29) is 0 Å². The standard InChI is InChI=1S/C14H13N.C13H12N2/c1-9-5-4-8-12-13(9)11-7-3-6-10(2)14(11)15-12;1-8-4-3-5-10-12-9(2)14-7-6-11(12)15-13(8)10/h3-8,15H,1-2H3;3-7,15H,1-2H3. The van der Waals surface area contributed by atoms with E-state index in [2.05, 4.69) is 97.2 Å². The predicted octanol–water partition coefficient (Wildman–Crippen LogP) is 7.27. The van der Waals surface area contributed by atoms with Gasteiger partial charge >= 0.3 is 0 Å². The normalized spacial score (nSPS) is 11.3. The first-order valence-electron chi connectivity index (χ1n) is 10.3. The van der Waals surface area contributed by atoms with E-state index in [1.54, 1.807) is 0 Å². The largest absolute Gasteiger partial charge is 0.354 e. The van der Waals surface area contributed by atoms with Crippen LogP contribution < -0.4 is 0 Å². The topological polar surface area (TPSA) is 44.5 Å². The van der Waals surface area contributed by atoms with Gasteiger partial charge in [0.25, 0.3) is 0 Å². The zero-order valence-electron chi connectivity index (χ0n) is 17.8. The number of aryl methyl sites for hydroxylation is 4. The second kappa shape index (κ2) is 7.03. The lowest BCUT2D eigenvalue weighted by atomic mass is 10.1. The number of aromatic amines is 2. The lowest BCUT2D eigenvalue weighted by Crippen LogP contribution is -1.79. The van der Waals surface area contributed by atoms with Crippen molar-refractivity contribution in [3.05, 3.63) is 89.2 Å². The summed E-state index contributed by atoms with van der Waals surface area (Å²) in [5, 5.41) is 5.21. The average molecular weight is 392 g/mol. The van der Waals surface area contributed by atoms with Gasteiger partial charge in [-0.05, 0) is 56.5 Å². The van der Waals surface area contributed by atoms with Crippen LogP contribution in [0.4, 0.5) is 0 Å². The number of benzene rings is 3. The van der Waals surface area contributed by atoms with Gasteiger partial charge in [0.05, 0.1) is 0 Å². The number of aromatic nitrogens is 3. The molecule has 0 saturated heterocycles. The summed E-state index contributed by atoms with van der Waals surface area (Å²) in [4.78, 5) is 11.3. The number of pyridine rings is 1. The summed E-state index contributed by atoms with van der Waals surface area (Å²) in [6.07, 6.45) is 1.85. The zero-order valence-corrected chi connectivity index (χ0v) is 17.8. The summed E-state index contributed by atoms with van der Waals surface area (Å²) in [7, 11) is 0. The van der Waals surface area contributed by atoms with Crippen molar-refractivity contribution >= 4 is 43.6 Å².